The van der Waals surface area contributed by atoms with Crippen molar-refractivity contribution < 1.29 is 115 Å². The number of rotatable bonds is 11. The lowest BCUT2D eigenvalue weighted by molar-refractivity contribution is -0.160. The average Bonchev–Trinajstić information content (AvgIpc) is 1.58. The molecular formula is C72H92F6N8O19S2. The number of nitrogens with one attached hydrogen (secondary N) is 3. The highest BCUT2D eigenvalue weighted by molar-refractivity contribution is 7.91. The van der Waals surface area contributed by atoms with Crippen LogP contribution >= 0.6 is 0 Å². The van der Waals surface area contributed by atoms with Crippen molar-refractivity contribution in [2.75, 3.05) is 13.1 Å². The summed E-state index contributed by atoms with van der Waals surface area (Å²) < 4.78 is 159. The summed E-state index contributed by atoms with van der Waals surface area (Å²) in [6.45, 7) is 9.12. The number of allylic oxidation sites excluding steroid dienone is 2. The van der Waals surface area contributed by atoms with E-state index in [0.29, 0.717) is 35.1 Å². The second kappa shape index (κ2) is 31.3. The van der Waals surface area contributed by atoms with Gasteiger partial charge in [0.25, 0.3) is 5.91 Å². The highest BCUT2D eigenvalue weighted by Crippen LogP contribution is 2.48. The molecule has 0 bridgehead atoms. The van der Waals surface area contributed by atoms with Crippen LogP contribution in [0, 0.1) is 35.3 Å². The Kier molecular flexibility index (Phi) is 23.8. The number of carbonyl (C=O) groups excluding carboxylic acids is 9. The fraction of sp³-hybridized carbons (Fsp3) is 0.639. The molecule has 2 saturated heterocycles. The molecule has 2 aromatic carbocycles. The second-order valence-electron chi connectivity index (χ2n) is 31.5. The number of hydrogen-bond acceptors (Lipinski definition) is 18. The molecule has 4 saturated carbocycles. The molecule has 35 heteroatoms. The zero-order valence-electron chi connectivity index (χ0n) is 60.3. The summed E-state index contributed by atoms with van der Waals surface area (Å²) in [6.07, 6.45) is -0.644. The monoisotopic (exact) mass is 1550 g/mol. The number of nitrogens with two attached hydrogens (primary N) is 1. The van der Waals surface area contributed by atoms with E-state index in [1.807, 2.05) is 0 Å². The molecular weight excluding hydrogens is 1460 g/mol. The Hall–Kier alpha value is -8.34. The summed E-state index contributed by atoms with van der Waals surface area (Å²) in [6, 6.07) is 6.27. The van der Waals surface area contributed by atoms with Crippen LogP contribution in [0.3, 0.4) is 0 Å². The summed E-state index contributed by atoms with van der Waals surface area (Å²) in [5.74, 6) is -18.5. The van der Waals surface area contributed by atoms with Crippen molar-refractivity contribution in [1.82, 2.24) is 35.0 Å². The molecule has 6 N–H and O–H groups in total. The molecule has 10 atom stereocenters. The Morgan fingerprint density at radius 2 is 0.991 bits per heavy atom. The van der Waals surface area contributed by atoms with Crippen molar-refractivity contribution in [3.63, 3.8) is 0 Å². The Morgan fingerprint density at radius 1 is 0.589 bits per heavy atom. The molecule has 7 amide bonds. The van der Waals surface area contributed by atoms with Gasteiger partial charge in [-0.2, -0.15) is 0 Å². The molecule has 6 aliphatic heterocycles. The maximum atomic E-state index is 15.2. The first-order valence-electron chi connectivity index (χ1n) is 35.9. The fourth-order valence-electron chi connectivity index (χ4n) is 14.2. The first-order valence-corrected chi connectivity index (χ1v) is 39.0. The van der Waals surface area contributed by atoms with Gasteiger partial charge in [0.2, 0.25) is 55.5 Å². The van der Waals surface area contributed by atoms with Crippen molar-refractivity contribution in [3.05, 3.63) is 94.6 Å². The quantitative estimate of drug-likeness (QED) is 0.0625. The van der Waals surface area contributed by atoms with Gasteiger partial charge < -0.3 is 44.5 Å². The smallest absolute Gasteiger partial charge is 0.410 e. The van der Waals surface area contributed by atoms with Crippen molar-refractivity contribution in [3.8, 4) is 0 Å². The predicted octanol–water partition coefficient (Wildman–Crippen LogP) is 7.60. The third kappa shape index (κ3) is 20.5. The number of esters is 2. The van der Waals surface area contributed by atoms with Crippen LogP contribution in [0.2, 0.25) is 0 Å². The van der Waals surface area contributed by atoms with Gasteiger partial charge in [-0.25, -0.2) is 62.7 Å². The van der Waals surface area contributed by atoms with E-state index in [9.17, 15) is 87.4 Å². The lowest BCUT2D eigenvalue weighted by Gasteiger charge is -2.30. The molecule has 2 aromatic rings. The first kappa shape index (κ1) is 81.2. The number of primary sulfonamides is 1. The van der Waals surface area contributed by atoms with Gasteiger partial charge in [0, 0.05) is 86.4 Å². The summed E-state index contributed by atoms with van der Waals surface area (Å²) in [7, 11) is -7.15. The largest absolute Gasteiger partial charge is 0.479 e. The zero-order chi connectivity index (χ0) is 78.3. The number of halogens is 6. The molecule has 107 heavy (non-hydrogen) atoms. The lowest BCUT2D eigenvalue weighted by atomic mass is 9.93. The molecule has 10 aliphatic rings. The van der Waals surface area contributed by atoms with E-state index >= 15 is 8.78 Å². The zero-order valence-corrected chi connectivity index (χ0v) is 61.9. The molecule has 6 heterocycles. The number of sulfonamides is 2. The van der Waals surface area contributed by atoms with Gasteiger partial charge >= 0.3 is 30.1 Å². The minimum absolute atomic E-state index is 0.0237. The van der Waals surface area contributed by atoms with Gasteiger partial charge in [0.15, 0.2) is 0 Å². The average molecular weight is 1550 g/mol. The van der Waals surface area contributed by atoms with E-state index in [4.69, 9.17) is 24.1 Å². The van der Waals surface area contributed by atoms with Crippen LogP contribution in [0.15, 0.2) is 60.7 Å². The maximum absolute atomic E-state index is 15.2. The molecule has 0 aromatic heterocycles. The Morgan fingerprint density at radius 3 is 1.36 bits per heavy atom. The lowest BCUT2D eigenvalue weighted by Crippen LogP contribution is -2.57. The molecule has 588 valence electrons. The van der Waals surface area contributed by atoms with Crippen LogP contribution in [-0.4, -0.2) is 183 Å². The SMILES string of the molecule is CC(C)(C)OC(=O)C[C@H]1CCC(F)(F)CC/C=C\[C@@H]2C[C@@]2(C(=O)NS(=O)(=O)C2CC2)NC(=O)[C@@H]2C[C@@H](OC(=O)N3Cc4cccc(F)c4C3)CN2C1=O.CC(C)(C)OC(=O)C[C@H]1CCC(F)(F)CC/C=C\[C@@H]2C[C@@]2(C(=O)O)NC(=O)[C@@H]2C[C@@H](OC(=O)N3Cc4cccc(F)c4C3)CN2C1=O.NS(=O)(=O)C1CC1. The maximum Gasteiger partial charge on any atom is 0.410 e. The second-order valence-corrected chi connectivity index (χ2v) is 35.3. The van der Waals surface area contributed by atoms with Crippen molar-refractivity contribution in [2.24, 2.45) is 28.8 Å². The number of aliphatic carboxylic acids is 1. The number of carbonyl (C=O) groups is 10. The van der Waals surface area contributed by atoms with Crippen LogP contribution in [0.1, 0.15) is 179 Å². The first-order chi connectivity index (χ1) is 49.8. The van der Waals surface area contributed by atoms with Gasteiger partial charge in [-0.15, -0.1) is 0 Å². The number of carboxylic acid groups (broad SMARTS) is 1. The third-order valence-electron chi connectivity index (χ3n) is 20.5. The number of alkyl halides is 4. The van der Waals surface area contributed by atoms with Crippen LogP contribution in [0.5, 0.6) is 0 Å². The molecule has 27 nitrogen and oxygen atoms in total. The standard InChI is InChI=1S/C36H45F3N4O9S.C33H40F3N3O8.C3H7NO2S/c1-34(2,3)52-29(44)15-21-12-14-35(38,39)13-5-4-8-23-17-36(23,32(47)41-53(49,50)25-10-11-25)40-30(45)28-16-24(19-43(28)31(21)46)51-33(48)42-18-22-7-6-9-27(37)26(22)20-42;1-31(2,3)47-26(40)13-19-10-12-32(35,36)11-5-4-8-21-15-33(21,29(43)44)37-27(41)25-14-22(17-39(25)28(19)42)46-30(45)38-16-20-7-6-9-24(34)23(20)18-38;4-7(5,6)3-1-2-3/h4,6-9,21,23-25,28H,5,10-20H2,1-3H3,(H,40,45)(H,41,47);4,6-9,19,21-22,25H,5,10-18H2,1-3H3,(H,37,41)(H,43,44);3H,1-2H2,(H2,4,5,6)/b2*8-4-;/t21-,23-,24-,28+,36-;19-,21-,22-,25+,33-;/m11./s1. The molecule has 6 fully saturated rings. The van der Waals surface area contributed by atoms with Crippen molar-refractivity contribution in [1.29, 1.82) is 0 Å². The van der Waals surface area contributed by atoms with Gasteiger partial charge in [-0.1, -0.05) is 48.6 Å². The molecule has 4 aliphatic carbocycles. The summed E-state index contributed by atoms with van der Waals surface area (Å²) >= 11 is 0. The Labute approximate surface area is 615 Å². The highest BCUT2D eigenvalue weighted by Gasteiger charge is 2.64. The number of fused-ring (bicyclic) bond motifs is 6. The summed E-state index contributed by atoms with van der Waals surface area (Å²) in [4.78, 5) is 139. The van der Waals surface area contributed by atoms with Gasteiger partial charge in [0.05, 0.1) is 49.5 Å². The van der Waals surface area contributed by atoms with Crippen molar-refractivity contribution >= 4 is 79.7 Å². The fourth-order valence-corrected chi connectivity index (χ4v) is 16.4. The van der Waals surface area contributed by atoms with E-state index in [-0.39, 0.29) is 89.5 Å². The van der Waals surface area contributed by atoms with Gasteiger partial charge in [0.1, 0.15) is 58.2 Å². The van der Waals surface area contributed by atoms with Crippen molar-refractivity contribution in [2.45, 2.75) is 252 Å². The Balaban J connectivity index is 0.000000210. The number of carboxylic acids is 1. The predicted molar refractivity (Wildman–Crippen MR) is 367 cm³/mol. The normalized spacial score (nSPS) is 29.1. The minimum Gasteiger partial charge on any atom is -0.479 e. The molecule has 12 rings (SSSR count). The van der Waals surface area contributed by atoms with Gasteiger partial charge in [-0.05, 0) is 129 Å². The van der Waals surface area contributed by atoms with E-state index in [1.54, 1.807) is 53.7 Å². The van der Waals surface area contributed by atoms with Crippen LogP contribution in [0.25, 0.3) is 0 Å². The summed E-state index contributed by atoms with van der Waals surface area (Å²) in [5.41, 5.74) is -3.37. The van der Waals surface area contributed by atoms with Crippen LogP contribution in [0.4, 0.5) is 35.9 Å². The highest BCUT2D eigenvalue weighted by atomic mass is 32.2. The minimum atomic E-state index is -4.03. The molecule has 0 radical (unpaired) electrons. The van der Waals surface area contributed by atoms with E-state index < -0.39 is 224 Å². The number of amides is 7. The number of benzene rings is 2. The Bertz CT molecular complexity index is 4130. The third-order valence-corrected chi connectivity index (χ3v) is 23.7. The van der Waals surface area contributed by atoms with E-state index in [1.165, 1.54) is 58.4 Å². The van der Waals surface area contributed by atoms with Crippen LogP contribution < -0.4 is 20.5 Å². The number of nitrogens with zero attached hydrogens (tertiary/aromatic N) is 4. The van der Waals surface area contributed by atoms with E-state index in [2.05, 4.69) is 15.4 Å². The van der Waals surface area contributed by atoms with Crippen LogP contribution in [-0.2, 0) is 104 Å². The molecule has 0 spiro atoms. The summed E-state index contributed by atoms with van der Waals surface area (Å²) in [5, 5.41) is 19.0. The number of ether oxygens (including phenoxy) is 4. The van der Waals surface area contributed by atoms with Gasteiger partial charge in [-0.3, -0.25) is 48.1 Å². The number of hydrogen-bond donors (Lipinski definition) is 5. The molecule has 0 unspecified atom stereocenters. The topological polar surface area (TPSA) is 371 Å². The van der Waals surface area contributed by atoms with E-state index in [0.717, 1.165) is 22.6 Å².